The third-order valence-corrected chi connectivity index (χ3v) is 6.50. The molecule has 5 rings (SSSR count). The third-order valence-electron chi connectivity index (χ3n) is 6.50. The van der Waals surface area contributed by atoms with E-state index in [2.05, 4.69) is 0 Å². The van der Waals surface area contributed by atoms with E-state index >= 15 is 0 Å². The van der Waals surface area contributed by atoms with E-state index in [1.165, 1.54) is 10.6 Å². The van der Waals surface area contributed by atoms with Crippen molar-refractivity contribution in [2.24, 2.45) is 7.05 Å². The maximum absolute atomic E-state index is 14.3. The molecule has 1 aromatic carbocycles. The van der Waals surface area contributed by atoms with Crippen molar-refractivity contribution in [3.8, 4) is 17.0 Å². The number of benzene rings is 1. The van der Waals surface area contributed by atoms with Gasteiger partial charge in [-0.2, -0.15) is 0 Å². The van der Waals surface area contributed by atoms with Crippen molar-refractivity contribution in [2.75, 3.05) is 13.2 Å². The molecule has 9 nitrogen and oxygen atoms in total. The predicted molar refractivity (Wildman–Crippen MR) is 115 cm³/mol. The molecule has 1 atom stereocenters. The van der Waals surface area contributed by atoms with E-state index in [-0.39, 0.29) is 66.3 Å². The Balaban J connectivity index is 1.84. The summed E-state index contributed by atoms with van der Waals surface area (Å²) in [6.07, 6.45) is -0.0128. The smallest absolute Gasteiger partial charge is 0.343 e. The summed E-state index contributed by atoms with van der Waals surface area (Å²) in [6, 6.07) is 3.73. The van der Waals surface area contributed by atoms with Crippen LogP contribution in [0.2, 0.25) is 0 Å². The fourth-order valence-electron chi connectivity index (χ4n) is 4.79. The van der Waals surface area contributed by atoms with Gasteiger partial charge in [0.1, 0.15) is 24.8 Å². The standard InChI is InChI=1S/C23H21FN2O7/c1-3-23(31)14-8-15-18-16(9-26(15)21(29)13(14)10-33-22(23)30)25(2)19-12(20(18)28)6-11(24)7-17(19)32-5-4-27/h6-8,27,31H,3-5,9-10H2,1-2H3/t23-/m0/s1. The third kappa shape index (κ3) is 2.80. The summed E-state index contributed by atoms with van der Waals surface area (Å²) >= 11 is 0. The largest absolute Gasteiger partial charge is 0.489 e. The summed E-state index contributed by atoms with van der Waals surface area (Å²) in [7, 11) is 1.68. The second-order valence-electron chi connectivity index (χ2n) is 8.19. The molecule has 0 saturated carbocycles. The first-order chi connectivity index (χ1) is 15.7. The molecule has 0 aliphatic carbocycles. The average molecular weight is 456 g/mol. The van der Waals surface area contributed by atoms with Gasteiger partial charge in [-0.05, 0) is 18.6 Å². The van der Waals surface area contributed by atoms with Crippen LogP contribution in [0, 0.1) is 5.82 Å². The number of nitrogens with zero attached hydrogens (tertiary/aromatic N) is 2. The lowest BCUT2D eigenvalue weighted by atomic mass is 9.86. The van der Waals surface area contributed by atoms with E-state index in [0.29, 0.717) is 11.2 Å². The number of carbonyl (C=O) groups is 1. The summed E-state index contributed by atoms with van der Waals surface area (Å²) in [4.78, 5) is 39.1. The van der Waals surface area contributed by atoms with Crippen LogP contribution in [0.1, 0.15) is 30.2 Å². The van der Waals surface area contributed by atoms with Crippen LogP contribution in [-0.2, 0) is 35.3 Å². The second-order valence-corrected chi connectivity index (χ2v) is 8.19. The summed E-state index contributed by atoms with van der Waals surface area (Å²) in [5, 5.41) is 20.1. The van der Waals surface area contributed by atoms with Gasteiger partial charge in [-0.15, -0.1) is 0 Å². The van der Waals surface area contributed by atoms with Gasteiger partial charge in [0.25, 0.3) is 5.56 Å². The molecular weight excluding hydrogens is 435 g/mol. The minimum absolute atomic E-state index is 0.0128. The molecule has 0 bridgehead atoms. The number of ether oxygens (including phenoxy) is 2. The van der Waals surface area contributed by atoms with Gasteiger partial charge in [0, 0.05) is 18.7 Å². The molecule has 2 aromatic heterocycles. The number of esters is 1. The van der Waals surface area contributed by atoms with Crippen LogP contribution in [0.25, 0.3) is 22.2 Å². The molecule has 0 fully saturated rings. The molecule has 172 valence electrons. The molecule has 3 aromatic rings. The highest BCUT2D eigenvalue weighted by atomic mass is 19.1. The number of cyclic esters (lactones) is 1. The Bertz CT molecular complexity index is 1470. The highest BCUT2D eigenvalue weighted by Crippen LogP contribution is 2.39. The zero-order chi connectivity index (χ0) is 23.7. The van der Waals surface area contributed by atoms with Gasteiger partial charge < -0.3 is 28.8 Å². The van der Waals surface area contributed by atoms with E-state index < -0.39 is 28.4 Å². The number of rotatable bonds is 4. The summed E-state index contributed by atoms with van der Waals surface area (Å²) < 4.78 is 27.9. The Morgan fingerprint density at radius 1 is 1.24 bits per heavy atom. The van der Waals surface area contributed by atoms with E-state index in [0.717, 1.165) is 12.1 Å². The van der Waals surface area contributed by atoms with Gasteiger partial charge in [0.15, 0.2) is 11.0 Å². The van der Waals surface area contributed by atoms with Crippen molar-refractivity contribution in [3.63, 3.8) is 0 Å². The topological polar surface area (TPSA) is 120 Å². The number of fused-ring (bicyclic) bond motifs is 5. The first kappa shape index (κ1) is 21.4. The van der Waals surface area contributed by atoms with Crippen molar-refractivity contribution in [2.45, 2.75) is 32.1 Å². The quantitative estimate of drug-likeness (QED) is 0.438. The fraction of sp³-hybridized carbons (Fsp3) is 0.348. The lowest BCUT2D eigenvalue weighted by Crippen LogP contribution is -2.44. The Hall–Kier alpha value is -3.50. The summed E-state index contributed by atoms with van der Waals surface area (Å²) in [5.41, 5.74) is -1.40. The Morgan fingerprint density at radius 3 is 2.70 bits per heavy atom. The molecular formula is C23H21FN2O7. The fourth-order valence-corrected chi connectivity index (χ4v) is 4.79. The normalized spacial score (nSPS) is 18.6. The highest BCUT2D eigenvalue weighted by molar-refractivity contribution is 5.91. The van der Waals surface area contributed by atoms with Crippen LogP contribution in [0.3, 0.4) is 0 Å². The average Bonchev–Trinajstić information content (AvgIpc) is 3.19. The number of aliphatic hydroxyl groups is 2. The van der Waals surface area contributed by atoms with E-state index in [1.807, 2.05) is 0 Å². The van der Waals surface area contributed by atoms with E-state index in [4.69, 9.17) is 14.6 Å². The minimum atomic E-state index is -2.00. The zero-order valence-electron chi connectivity index (χ0n) is 18.0. The minimum Gasteiger partial charge on any atom is -0.489 e. The first-order valence-corrected chi connectivity index (χ1v) is 10.5. The van der Waals surface area contributed by atoms with Crippen molar-refractivity contribution >= 4 is 16.9 Å². The number of carbonyl (C=O) groups excluding carboxylic acids is 1. The number of aryl methyl sites for hydroxylation is 1. The molecule has 2 N–H and O–H groups in total. The van der Waals surface area contributed by atoms with Crippen LogP contribution in [-0.4, -0.2) is 38.5 Å². The number of hydrogen-bond acceptors (Lipinski definition) is 7. The van der Waals surface area contributed by atoms with Crippen molar-refractivity contribution in [1.29, 1.82) is 0 Å². The van der Waals surface area contributed by atoms with Crippen LogP contribution >= 0.6 is 0 Å². The summed E-state index contributed by atoms with van der Waals surface area (Å²) in [5.74, 6) is -1.43. The van der Waals surface area contributed by atoms with Crippen LogP contribution < -0.4 is 15.7 Å². The lowest BCUT2D eigenvalue weighted by Gasteiger charge is -2.31. The van der Waals surface area contributed by atoms with Crippen LogP contribution in [0.4, 0.5) is 4.39 Å². The Labute approximate surface area is 186 Å². The molecule has 4 heterocycles. The monoisotopic (exact) mass is 456 g/mol. The van der Waals surface area contributed by atoms with Gasteiger partial charge in [-0.25, -0.2) is 9.18 Å². The maximum atomic E-state index is 14.3. The molecule has 2 aliphatic heterocycles. The molecule has 0 amide bonds. The summed E-state index contributed by atoms with van der Waals surface area (Å²) in [6.45, 7) is 1.02. The van der Waals surface area contributed by atoms with Crippen LogP contribution in [0.5, 0.6) is 5.75 Å². The molecule has 0 spiro atoms. The number of pyridine rings is 2. The Kier molecular flexibility index (Phi) is 4.69. The number of aromatic nitrogens is 2. The van der Waals surface area contributed by atoms with Crippen molar-refractivity contribution in [3.05, 3.63) is 61.4 Å². The SMILES string of the molecule is CC[C@@]1(O)C(=O)OCc2c1cc1n(c2=O)Cc2c-1c(=O)c1cc(F)cc(OCCO)c1n2C. The Morgan fingerprint density at radius 2 is 2.00 bits per heavy atom. The van der Waals surface area contributed by atoms with Crippen molar-refractivity contribution < 1.29 is 28.9 Å². The molecule has 0 radical (unpaired) electrons. The number of hydrogen-bond donors (Lipinski definition) is 2. The van der Waals surface area contributed by atoms with Gasteiger partial charge in [-0.3, -0.25) is 9.59 Å². The molecule has 0 saturated heterocycles. The maximum Gasteiger partial charge on any atom is 0.343 e. The number of halogens is 1. The lowest BCUT2D eigenvalue weighted by molar-refractivity contribution is -0.172. The van der Waals surface area contributed by atoms with Gasteiger partial charge >= 0.3 is 5.97 Å². The van der Waals surface area contributed by atoms with Gasteiger partial charge in [-0.1, -0.05) is 6.92 Å². The van der Waals surface area contributed by atoms with Gasteiger partial charge in [0.2, 0.25) is 0 Å². The van der Waals surface area contributed by atoms with Crippen LogP contribution in [0.15, 0.2) is 27.8 Å². The predicted octanol–water partition coefficient (Wildman–Crippen LogP) is 0.894. The van der Waals surface area contributed by atoms with E-state index in [1.54, 1.807) is 18.5 Å². The molecule has 2 aliphatic rings. The highest BCUT2D eigenvalue weighted by Gasteiger charge is 2.45. The molecule has 10 heteroatoms. The van der Waals surface area contributed by atoms with E-state index in [9.17, 15) is 23.9 Å². The zero-order valence-corrected chi connectivity index (χ0v) is 18.0. The molecule has 33 heavy (non-hydrogen) atoms. The second kappa shape index (κ2) is 7.26. The first-order valence-electron chi connectivity index (χ1n) is 10.5. The van der Waals surface area contributed by atoms with Gasteiger partial charge in [0.05, 0.1) is 46.6 Å². The molecule has 0 unspecified atom stereocenters. The number of aliphatic hydroxyl groups excluding tert-OH is 1. The van der Waals surface area contributed by atoms with Crippen molar-refractivity contribution in [1.82, 2.24) is 9.13 Å².